The molecular weight excluding hydrogens is 965 g/mol. The summed E-state index contributed by atoms with van der Waals surface area (Å²) in [5.74, 6) is 1.60. The first kappa shape index (κ1) is 57.3. The van der Waals surface area contributed by atoms with Gasteiger partial charge in [0.25, 0.3) is 5.91 Å². The number of carbonyl (C=O) groups excluding carboxylic acids is 4. The summed E-state index contributed by atoms with van der Waals surface area (Å²) >= 11 is 5.65. The van der Waals surface area contributed by atoms with E-state index in [1.807, 2.05) is 67.8 Å². The first-order chi connectivity index (χ1) is 35.3. The highest BCUT2D eigenvalue weighted by Gasteiger charge is 2.29. The lowest BCUT2D eigenvalue weighted by Gasteiger charge is -2.24. The van der Waals surface area contributed by atoms with Crippen LogP contribution in [0.3, 0.4) is 0 Å². The molecule has 0 spiro atoms. The summed E-state index contributed by atoms with van der Waals surface area (Å²) in [4.78, 5) is 53.1. The fourth-order valence-corrected chi connectivity index (χ4v) is 8.70. The van der Waals surface area contributed by atoms with E-state index in [0.29, 0.717) is 82.9 Å². The number of aliphatic hydroxyl groups is 1. The predicted molar refractivity (Wildman–Crippen MR) is 299 cm³/mol. The number of methoxy groups -OCH3 is 2. The van der Waals surface area contributed by atoms with E-state index in [-0.39, 0.29) is 42.2 Å². The molecular formula is C56H72N6O9S2. The largest absolute Gasteiger partial charge is 0.493 e. The molecule has 15 nitrogen and oxygen atoms in total. The number of fused-ring (bicyclic) bond motifs is 2. The molecule has 3 amide bonds. The van der Waals surface area contributed by atoms with Crippen LogP contribution in [0.5, 0.6) is 23.0 Å². The SMILES string of the molecule is CC(S)CCC(N)=O.CCCC.COc1cc(C=O)c(NCC2Cc3ccccc3N2C)cc1OCc1cc(COc2cc(NCO)c(C(=O)N3CCc4ccccc43)cc2OC)cc(NC(=O)CCSC)c1. The number of rotatable bonds is 23. The van der Waals surface area contributed by atoms with Gasteiger partial charge in [-0.15, -0.1) is 0 Å². The molecule has 392 valence electrons. The summed E-state index contributed by atoms with van der Waals surface area (Å²) in [6.45, 7) is 7.20. The summed E-state index contributed by atoms with van der Waals surface area (Å²) in [5, 5.41) is 19.6. The molecule has 17 heteroatoms. The zero-order valence-electron chi connectivity index (χ0n) is 43.1. The molecule has 0 saturated carbocycles. The van der Waals surface area contributed by atoms with Crippen LogP contribution >= 0.6 is 24.4 Å². The fourth-order valence-electron chi connectivity index (χ4n) is 8.18. The van der Waals surface area contributed by atoms with Crippen molar-refractivity contribution >= 4 is 76.8 Å². The normalized spacial score (nSPS) is 13.5. The zero-order chi connectivity index (χ0) is 52.9. The molecule has 0 bridgehead atoms. The van der Waals surface area contributed by atoms with Crippen molar-refractivity contribution in [3.8, 4) is 23.0 Å². The zero-order valence-corrected chi connectivity index (χ0v) is 44.8. The van der Waals surface area contributed by atoms with Crippen LogP contribution in [0.2, 0.25) is 0 Å². The monoisotopic (exact) mass is 1040 g/mol. The van der Waals surface area contributed by atoms with Crippen molar-refractivity contribution in [3.63, 3.8) is 0 Å². The second-order valence-electron chi connectivity index (χ2n) is 17.7. The van der Waals surface area contributed by atoms with Crippen LogP contribution in [0.1, 0.15) is 95.8 Å². The van der Waals surface area contributed by atoms with Crippen molar-refractivity contribution < 1.29 is 43.2 Å². The standard InChI is InChI=1S/C47H51N5O8S.C5H11NOS.C4H10/c1-51-36(20-33-10-6-7-11-40(33)51)25-48-38-23-44(42(57-2)21-34(38)26-53)59-27-30-17-31(19-35(18-30)50-46(55)14-16-61-4)28-60-45-24-39(49-29-54)37(22-43(45)58-3)47(56)52-15-13-32-9-5-8-12-41(32)52;1-4(8)2-3-5(6)7;1-3-4-2/h5-12,17-19,21-24,26,36,48-49,54H,13-16,20,25,27-29H2,1-4H3,(H,50,55);4,8H,2-3H2,1H3,(H2,6,7);3-4H2,1-2H3. The summed E-state index contributed by atoms with van der Waals surface area (Å²) in [6.07, 6.45) is 8.60. The van der Waals surface area contributed by atoms with Crippen molar-refractivity contribution in [2.24, 2.45) is 5.73 Å². The molecule has 0 fully saturated rings. The number of likely N-dealkylation sites (N-methyl/N-ethyl adjacent to an activating group) is 1. The molecule has 2 heterocycles. The van der Waals surface area contributed by atoms with Crippen LogP contribution in [0, 0.1) is 0 Å². The Hall–Kier alpha value is -6.56. The van der Waals surface area contributed by atoms with E-state index >= 15 is 0 Å². The maximum Gasteiger partial charge on any atom is 0.260 e. The second-order valence-corrected chi connectivity index (χ2v) is 19.5. The fraction of sp³-hybridized carbons (Fsp3) is 0.393. The number of benzene rings is 5. The Bertz CT molecular complexity index is 2630. The third kappa shape index (κ3) is 16.5. The van der Waals surface area contributed by atoms with Crippen molar-refractivity contribution in [1.29, 1.82) is 0 Å². The molecule has 73 heavy (non-hydrogen) atoms. The second kappa shape index (κ2) is 29.2. The molecule has 0 aliphatic carbocycles. The van der Waals surface area contributed by atoms with Crippen LogP contribution in [-0.2, 0) is 35.6 Å². The van der Waals surface area contributed by atoms with E-state index in [2.05, 4.69) is 66.5 Å². The summed E-state index contributed by atoms with van der Waals surface area (Å²) in [7, 11) is 5.11. The number of unbranched alkanes of at least 4 members (excludes halogenated alkanes) is 1. The molecule has 7 rings (SSSR count). The Balaban J connectivity index is 0.000000736. The van der Waals surface area contributed by atoms with E-state index in [0.717, 1.165) is 47.9 Å². The van der Waals surface area contributed by atoms with Crippen LogP contribution in [0.15, 0.2) is 91.0 Å². The molecule has 0 radical (unpaired) electrons. The Morgan fingerprint density at radius 3 is 2.01 bits per heavy atom. The van der Waals surface area contributed by atoms with Crippen LogP contribution in [0.4, 0.5) is 28.4 Å². The van der Waals surface area contributed by atoms with E-state index in [1.54, 1.807) is 40.9 Å². The molecule has 2 atom stereocenters. The molecule has 2 unspecified atom stereocenters. The molecule has 0 saturated heterocycles. The summed E-state index contributed by atoms with van der Waals surface area (Å²) in [6, 6.07) is 28.7. The van der Waals surface area contributed by atoms with Crippen molar-refractivity contribution in [2.45, 2.75) is 90.2 Å². The Labute approximate surface area is 440 Å². The van der Waals surface area contributed by atoms with Gasteiger partial charge in [-0.05, 0) is 95.5 Å². The maximum atomic E-state index is 13.9. The van der Waals surface area contributed by atoms with Gasteiger partial charge in [-0.25, -0.2) is 0 Å². The average Bonchev–Trinajstić information content (AvgIpc) is 3.98. The first-order valence-corrected chi connectivity index (χ1v) is 26.5. The van der Waals surface area contributed by atoms with E-state index in [4.69, 9.17) is 24.7 Å². The molecule has 5 aromatic rings. The number of aliphatic hydroxyl groups excluding tert-OH is 1. The average molecular weight is 1040 g/mol. The summed E-state index contributed by atoms with van der Waals surface area (Å²) < 4.78 is 24.1. The number of ether oxygens (including phenoxy) is 4. The number of nitrogens with one attached hydrogen (secondary N) is 3. The third-order valence-corrected chi connectivity index (χ3v) is 13.1. The predicted octanol–water partition coefficient (Wildman–Crippen LogP) is 9.78. The number of primary amides is 1. The molecule has 2 aliphatic rings. The van der Waals surface area contributed by atoms with Crippen molar-refractivity contribution in [1.82, 2.24) is 0 Å². The van der Waals surface area contributed by atoms with Gasteiger partial charge in [-0.1, -0.05) is 70.0 Å². The minimum atomic E-state index is -0.406. The number of thiol groups is 1. The number of hydrogen-bond acceptors (Lipinski definition) is 14. The van der Waals surface area contributed by atoms with Gasteiger partial charge in [0.2, 0.25) is 11.8 Å². The number of carbonyl (C=O) groups is 4. The van der Waals surface area contributed by atoms with Crippen LogP contribution < -0.4 is 50.4 Å². The number of anilines is 5. The Morgan fingerprint density at radius 2 is 1.45 bits per heavy atom. The van der Waals surface area contributed by atoms with Crippen molar-refractivity contribution in [3.05, 3.63) is 124 Å². The Morgan fingerprint density at radius 1 is 0.836 bits per heavy atom. The number of amides is 3. The number of aldehydes is 1. The summed E-state index contributed by atoms with van der Waals surface area (Å²) in [5.41, 5.74) is 13.1. The lowest BCUT2D eigenvalue weighted by atomic mass is 10.1. The highest BCUT2D eigenvalue weighted by atomic mass is 32.2. The van der Waals surface area contributed by atoms with E-state index in [9.17, 15) is 24.3 Å². The number of para-hydroxylation sites is 2. The minimum Gasteiger partial charge on any atom is -0.493 e. The molecule has 2 aliphatic heterocycles. The number of nitrogens with zero attached hydrogens (tertiary/aromatic N) is 2. The van der Waals surface area contributed by atoms with Gasteiger partial charge in [0.15, 0.2) is 29.3 Å². The van der Waals surface area contributed by atoms with Gasteiger partial charge in [-0.3, -0.25) is 19.2 Å². The van der Waals surface area contributed by atoms with Crippen LogP contribution in [-0.4, -0.2) is 93.5 Å². The molecule has 0 aromatic heterocycles. The van der Waals surface area contributed by atoms with Gasteiger partial charge in [0.05, 0.1) is 31.5 Å². The minimum absolute atomic E-state index is 0.0636. The van der Waals surface area contributed by atoms with Gasteiger partial charge in [0, 0.05) is 79.2 Å². The topological polar surface area (TPSA) is 194 Å². The molecule has 5 aromatic carbocycles. The van der Waals surface area contributed by atoms with Gasteiger partial charge in [0.1, 0.15) is 19.9 Å². The van der Waals surface area contributed by atoms with Gasteiger partial charge in [-0.2, -0.15) is 24.4 Å². The number of thioether (sulfide) groups is 1. The first-order valence-electron chi connectivity index (χ1n) is 24.6. The maximum absolute atomic E-state index is 13.9. The lowest BCUT2D eigenvalue weighted by molar-refractivity contribution is -0.118. The lowest BCUT2D eigenvalue weighted by Crippen LogP contribution is -2.34. The molecule has 6 N–H and O–H groups in total. The number of nitrogens with two attached hydrogens (primary N) is 1. The van der Waals surface area contributed by atoms with Gasteiger partial charge >= 0.3 is 0 Å². The Kier molecular flexibility index (Phi) is 23.0. The van der Waals surface area contributed by atoms with Crippen LogP contribution in [0.25, 0.3) is 0 Å². The van der Waals surface area contributed by atoms with E-state index < -0.39 is 6.73 Å². The third-order valence-electron chi connectivity index (χ3n) is 12.3. The van der Waals surface area contributed by atoms with Crippen molar-refractivity contribution in [2.75, 3.05) is 78.8 Å². The quantitative estimate of drug-likeness (QED) is 0.0206. The van der Waals surface area contributed by atoms with E-state index in [1.165, 1.54) is 38.3 Å². The smallest absolute Gasteiger partial charge is 0.260 e. The van der Waals surface area contributed by atoms with Gasteiger partial charge < -0.3 is 55.5 Å². The highest BCUT2D eigenvalue weighted by Crippen LogP contribution is 2.38. The highest BCUT2D eigenvalue weighted by molar-refractivity contribution is 7.98. The number of hydrogen-bond donors (Lipinski definition) is 6.